The zero-order valence-electron chi connectivity index (χ0n) is 10.7. The molecule has 20 heavy (non-hydrogen) atoms. The Hall–Kier alpha value is -1.28. The Morgan fingerprint density at radius 3 is 2.10 bits per heavy atom. The third-order valence-electron chi connectivity index (χ3n) is 2.80. The van der Waals surface area contributed by atoms with Gasteiger partial charge in [-0.05, 0) is 48.4 Å². The van der Waals surface area contributed by atoms with E-state index >= 15 is 0 Å². The summed E-state index contributed by atoms with van der Waals surface area (Å²) in [4.78, 5) is 11.8. The fraction of sp³-hybridized carbons (Fsp3) is 0.0625. The molecule has 2 aromatic rings. The average molecular weight is 326 g/mol. The van der Waals surface area contributed by atoms with E-state index in [1.54, 1.807) is 48.5 Å². The van der Waals surface area contributed by atoms with Gasteiger partial charge in [0.1, 0.15) is 0 Å². The van der Waals surface area contributed by atoms with Crippen LogP contribution >= 0.6 is 34.8 Å². The molecular weight excluding hydrogens is 315 g/mol. The van der Waals surface area contributed by atoms with Crippen molar-refractivity contribution in [3.63, 3.8) is 0 Å². The summed E-state index contributed by atoms with van der Waals surface area (Å²) in [6, 6.07) is 12.3. The van der Waals surface area contributed by atoms with Crippen LogP contribution in [0.1, 0.15) is 18.1 Å². The predicted octanol–water partition coefficient (Wildman–Crippen LogP) is 5.78. The topological polar surface area (TPSA) is 17.1 Å². The molecule has 0 saturated carbocycles. The van der Waals surface area contributed by atoms with Crippen LogP contribution < -0.4 is 0 Å². The predicted molar refractivity (Wildman–Crippen MR) is 86.5 cm³/mol. The Morgan fingerprint density at radius 1 is 0.950 bits per heavy atom. The van der Waals surface area contributed by atoms with Gasteiger partial charge in [0.15, 0.2) is 5.78 Å². The standard InChI is InChI=1S/C16H11Cl3O/c1-10(20)15(11-2-5-13(17)6-3-11)8-12-4-7-14(18)9-16(12)19/h2-9H,1H3/b15-8-. The molecule has 0 radical (unpaired) electrons. The minimum atomic E-state index is -0.0432. The normalized spacial score (nSPS) is 11.5. The van der Waals surface area contributed by atoms with Gasteiger partial charge < -0.3 is 0 Å². The molecule has 2 rings (SSSR count). The second kappa shape index (κ2) is 6.45. The highest BCUT2D eigenvalue weighted by molar-refractivity contribution is 6.36. The summed E-state index contributed by atoms with van der Waals surface area (Å²) >= 11 is 17.9. The molecule has 0 aliphatic carbocycles. The number of carbonyl (C=O) groups is 1. The zero-order chi connectivity index (χ0) is 14.7. The van der Waals surface area contributed by atoms with Gasteiger partial charge in [0.2, 0.25) is 0 Å². The van der Waals surface area contributed by atoms with Gasteiger partial charge in [0.25, 0.3) is 0 Å². The molecule has 0 N–H and O–H groups in total. The fourth-order valence-electron chi connectivity index (χ4n) is 1.79. The number of ketones is 1. The zero-order valence-corrected chi connectivity index (χ0v) is 12.9. The Bertz CT molecular complexity index is 673. The Labute approximate surface area is 132 Å². The monoisotopic (exact) mass is 324 g/mol. The van der Waals surface area contributed by atoms with Gasteiger partial charge in [-0.25, -0.2) is 0 Å². The van der Waals surface area contributed by atoms with Gasteiger partial charge >= 0.3 is 0 Å². The summed E-state index contributed by atoms with van der Waals surface area (Å²) < 4.78 is 0. The number of rotatable bonds is 3. The van der Waals surface area contributed by atoms with Crippen LogP contribution in [0.4, 0.5) is 0 Å². The van der Waals surface area contributed by atoms with E-state index in [0.717, 1.165) is 11.1 Å². The first-order valence-electron chi connectivity index (χ1n) is 5.91. The van der Waals surface area contributed by atoms with E-state index in [9.17, 15) is 4.79 Å². The number of hydrogen-bond acceptors (Lipinski definition) is 1. The first-order valence-corrected chi connectivity index (χ1v) is 7.04. The summed E-state index contributed by atoms with van der Waals surface area (Å²) in [7, 11) is 0. The highest BCUT2D eigenvalue weighted by atomic mass is 35.5. The number of hydrogen-bond donors (Lipinski definition) is 0. The molecule has 0 aliphatic rings. The molecule has 0 aliphatic heterocycles. The lowest BCUT2D eigenvalue weighted by Crippen LogP contribution is -1.96. The van der Waals surface area contributed by atoms with Crippen molar-refractivity contribution in [3.05, 3.63) is 68.7 Å². The van der Waals surface area contributed by atoms with Gasteiger partial charge in [-0.2, -0.15) is 0 Å². The van der Waals surface area contributed by atoms with Crippen molar-refractivity contribution >= 4 is 52.2 Å². The molecule has 0 unspecified atom stereocenters. The molecule has 0 saturated heterocycles. The summed E-state index contributed by atoms with van der Waals surface area (Å²) in [6.07, 6.45) is 1.75. The second-order valence-corrected chi connectivity index (χ2v) is 5.57. The molecule has 0 heterocycles. The molecule has 0 spiro atoms. The third kappa shape index (κ3) is 3.63. The molecule has 4 heteroatoms. The highest BCUT2D eigenvalue weighted by Gasteiger charge is 2.09. The number of allylic oxidation sites excluding steroid dienone is 1. The smallest absolute Gasteiger partial charge is 0.160 e. The minimum absolute atomic E-state index is 0.0432. The van der Waals surface area contributed by atoms with Crippen LogP contribution in [0.3, 0.4) is 0 Å². The van der Waals surface area contributed by atoms with Crippen molar-refractivity contribution < 1.29 is 4.79 Å². The summed E-state index contributed by atoms with van der Waals surface area (Å²) in [5.41, 5.74) is 2.12. The van der Waals surface area contributed by atoms with Gasteiger partial charge in [-0.3, -0.25) is 4.79 Å². The molecule has 0 aromatic heterocycles. The molecule has 2 aromatic carbocycles. The number of benzene rings is 2. The largest absolute Gasteiger partial charge is 0.294 e. The van der Waals surface area contributed by atoms with Gasteiger partial charge in [0.05, 0.1) is 0 Å². The van der Waals surface area contributed by atoms with Gasteiger partial charge in [-0.1, -0.05) is 53.0 Å². The minimum Gasteiger partial charge on any atom is -0.294 e. The summed E-state index contributed by atoms with van der Waals surface area (Å²) in [6.45, 7) is 1.52. The van der Waals surface area contributed by atoms with E-state index in [2.05, 4.69) is 0 Å². The molecule has 0 bridgehead atoms. The third-order valence-corrected chi connectivity index (χ3v) is 3.61. The molecule has 102 valence electrons. The van der Waals surface area contributed by atoms with E-state index in [0.29, 0.717) is 20.6 Å². The van der Waals surface area contributed by atoms with Crippen LogP contribution in [0.5, 0.6) is 0 Å². The van der Waals surface area contributed by atoms with Crippen molar-refractivity contribution in [2.24, 2.45) is 0 Å². The van der Waals surface area contributed by atoms with E-state index in [1.165, 1.54) is 6.92 Å². The van der Waals surface area contributed by atoms with E-state index < -0.39 is 0 Å². The summed E-state index contributed by atoms with van der Waals surface area (Å²) in [5.74, 6) is -0.0432. The Balaban J connectivity index is 2.50. The van der Waals surface area contributed by atoms with Crippen molar-refractivity contribution in [1.29, 1.82) is 0 Å². The summed E-state index contributed by atoms with van der Waals surface area (Å²) in [5, 5.41) is 1.69. The fourth-order valence-corrected chi connectivity index (χ4v) is 2.38. The molecular formula is C16H11Cl3O. The molecule has 0 atom stereocenters. The maximum Gasteiger partial charge on any atom is 0.160 e. The van der Waals surface area contributed by atoms with Crippen molar-refractivity contribution in [2.75, 3.05) is 0 Å². The highest BCUT2D eigenvalue weighted by Crippen LogP contribution is 2.27. The van der Waals surface area contributed by atoms with Crippen LogP contribution in [0.25, 0.3) is 11.6 Å². The lowest BCUT2D eigenvalue weighted by atomic mass is 10.00. The van der Waals surface area contributed by atoms with Crippen molar-refractivity contribution in [1.82, 2.24) is 0 Å². The van der Waals surface area contributed by atoms with Crippen LogP contribution in [-0.2, 0) is 4.79 Å². The number of carbonyl (C=O) groups excluding carboxylic acids is 1. The van der Waals surface area contributed by atoms with E-state index in [1.807, 2.05) is 0 Å². The van der Waals surface area contributed by atoms with Gasteiger partial charge in [-0.15, -0.1) is 0 Å². The van der Waals surface area contributed by atoms with Crippen molar-refractivity contribution in [2.45, 2.75) is 6.92 Å². The lowest BCUT2D eigenvalue weighted by Gasteiger charge is -2.06. The van der Waals surface area contributed by atoms with Crippen molar-refractivity contribution in [3.8, 4) is 0 Å². The number of Topliss-reactive ketones (excluding diaryl/α,β-unsaturated/α-hetero) is 1. The second-order valence-electron chi connectivity index (χ2n) is 4.29. The molecule has 0 fully saturated rings. The lowest BCUT2D eigenvalue weighted by molar-refractivity contribution is -0.111. The number of halogens is 3. The average Bonchev–Trinajstić information content (AvgIpc) is 2.39. The Kier molecular flexibility index (Phi) is 4.87. The Morgan fingerprint density at radius 2 is 1.55 bits per heavy atom. The molecule has 0 amide bonds. The maximum absolute atomic E-state index is 11.8. The van der Waals surface area contributed by atoms with E-state index in [-0.39, 0.29) is 5.78 Å². The van der Waals surface area contributed by atoms with Gasteiger partial charge in [0, 0.05) is 20.6 Å². The van der Waals surface area contributed by atoms with Crippen LogP contribution in [0.15, 0.2) is 42.5 Å². The quantitative estimate of drug-likeness (QED) is 0.516. The van der Waals surface area contributed by atoms with E-state index in [4.69, 9.17) is 34.8 Å². The van der Waals surface area contributed by atoms with Crippen LogP contribution in [-0.4, -0.2) is 5.78 Å². The first-order chi connectivity index (χ1) is 9.47. The van der Waals surface area contributed by atoms with Crippen LogP contribution in [0, 0.1) is 0 Å². The SMILES string of the molecule is CC(=O)/C(=C/c1ccc(Cl)cc1Cl)c1ccc(Cl)cc1. The van der Waals surface area contributed by atoms with Crippen LogP contribution in [0.2, 0.25) is 15.1 Å². The molecule has 1 nitrogen and oxygen atoms in total. The maximum atomic E-state index is 11.8. The first kappa shape index (κ1) is 15.1.